The maximum atomic E-state index is 10.7. The molecule has 1 aliphatic heterocycles. The van der Waals surface area contributed by atoms with E-state index in [0.717, 1.165) is 49.1 Å². The zero-order chi connectivity index (χ0) is 22.5. The summed E-state index contributed by atoms with van der Waals surface area (Å²) in [5, 5.41) is 0.894. The number of ether oxygens (including phenoxy) is 2. The number of hydrogen-bond acceptors (Lipinski definition) is 8. The van der Waals surface area contributed by atoms with Crippen LogP contribution in [0.3, 0.4) is 0 Å². The molecule has 0 spiro atoms. The number of rotatable bonds is 8. The molecule has 3 heterocycles. The number of nitrogens with zero attached hydrogens (tertiary/aromatic N) is 4. The van der Waals surface area contributed by atoms with Crippen molar-refractivity contribution in [2.24, 2.45) is 5.92 Å². The molecule has 1 N–H and O–H groups in total. The Morgan fingerprint density at radius 1 is 1.09 bits per heavy atom. The molecule has 170 valence electrons. The summed E-state index contributed by atoms with van der Waals surface area (Å²) >= 11 is 0. The maximum Gasteiger partial charge on any atom is 0.201 e. The summed E-state index contributed by atoms with van der Waals surface area (Å²) in [6.45, 7) is 2.15. The second-order valence-corrected chi connectivity index (χ2v) is 8.52. The van der Waals surface area contributed by atoms with E-state index in [4.69, 9.17) is 19.4 Å². The topological polar surface area (TPSA) is 107 Å². The fraction of sp³-hybridized carbons (Fsp3) is 0.409. The molecule has 0 atom stereocenters. The Hall–Kier alpha value is -2.98. The van der Waals surface area contributed by atoms with Crippen LogP contribution in [0.15, 0.2) is 36.5 Å². The van der Waals surface area contributed by atoms with Crippen LogP contribution in [0.1, 0.15) is 19.3 Å². The van der Waals surface area contributed by atoms with Crippen molar-refractivity contribution in [1.82, 2.24) is 19.7 Å². The van der Waals surface area contributed by atoms with Gasteiger partial charge in [0.15, 0.2) is 17.3 Å². The third-order valence-electron chi connectivity index (χ3n) is 5.78. The molecule has 1 aliphatic rings. The Morgan fingerprint density at radius 2 is 1.84 bits per heavy atom. The van der Waals surface area contributed by atoms with Crippen molar-refractivity contribution in [3.05, 3.63) is 36.5 Å². The highest BCUT2D eigenvalue weighted by molar-refractivity contribution is 7.70. The van der Waals surface area contributed by atoms with Crippen molar-refractivity contribution < 1.29 is 17.9 Å². The van der Waals surface area contributed by atoms with Crippen LogP contribution in [0.5, 0.6) is 11.5 Å². The summed E-state index contributed by atoms with van der Waals surface area (Å²) < 4.78 is 34.9. The molecular formula is C22H27N5O4S. The lowest BCUT2D eigenvalue weighted by Gasteiger charge is -2.33. The van der Waals surface area contributed by atoms with Crippen LogP contribution in [0.4, 0.5) is 5.82 Å². The lowest BCUT2D eigenvalue weighted by Crippen LogP contribution is -2.35. The summed E-state index contributed by atoms with van der Waals surface area (Å²) in [5.41, 5.74) is 1.47. The van der Waals surface area contributed by atoms with Crippen molar-refractivity contribution in [3.8, 4) is 23.0 Å². The molecule has 0 bridgehead atoms. The van der Waals surface area contributed by atoms with Gasteiger partial charge in [-0.1, -0.05) is 6.07 Å². The van der Waals surface area contributed by atoms with Crippen LogP contribution < -0.4 is 19.1 Å². The van der Waals surface area contributed by atoms with E-state index in [1.165, 1.54) is 0 Å². The number of anilines is 1. The average Bonchev–Trinajstić information content (AvgIpc) is 2.83. The van der Waals surface area contributed by atoms with E-state index in [0.29, 0.717) is 35.5 Å². The van der Waals surface area contributed by atoms with E-state index >= 15 is 0 Å². The predicted molar refractivity (Wildman–Crippen MR) is 124 cm³/mol. The SMILES string of the molecule is COc1cc2nc(-c3ccccn3)nc(N3CCC(CCN[SH](=O)=O)CC3)c2cc1OC. The third-order valence-corrected chi connectivity index (χ3v) is 6.26. The summed E-state index contributed by atoms with van der Waals surface area (Å²) in [4.78, 5) is 16.3. The molecule has 32 heavy (non-hydrogen) atoms. The van der Waals surface area contributed by atoms with Gasteiger partial charge in [-0.2, -0.15) is 0 Å². The quantitative estimate of drug-likeness (QED) is 0.497. The Morgan fingerprint density at radius 3 is 2.50 bits per heavy atom. The minimum absolute atomic E-state index is 0.478. The number of pyridine rings is 1. The number of methoxy groups -OCH3 is 2. The number of nitrogens with one attached hydrogen (secondary N) is 1. The molecule has 0 radical (unpaired) electrons. The molecule has 2 aromatic heterocycles. The fourth-order valence-corrected chi connectivity index (χ4v) is 4.40. The normalized spacial score (nSPS) is 14.8. The fourth-order valence-electron chi connectivity index (χ4n) is 4.08. The van der Waals surface area contributed by atoms with Crippen molar-refractivity contribution in [3.63, 3.8) is 0 Å². The van der Waals surface area contributed by atoms with E-state index in [1.807, 2.05) is 30.3 Å². The number of thiol groups is 1. The van der Waals surface area contributed by atoms with E-state index in [9.17, 15) is 8.42 Å². The Bertz CT molecular complexity index is 1140. The van der Waals surface area contributed by atoms with Gasteiger partial charge in [0.25, 0.3) is 0 Å². The van der Waals surface area contributed by atoms with E-state index in [1.54, 1.807) is 20.4 Å². The van der Waals surface area contributed by atoms with Crippen LogP contribution in [0.2, 0.25) is 0 Å². The van der Waals surface area contributed by atoms with E-state index in [-0.39, 0.29) is 0 Å². The van der Waals surface area contributed by atoms with Crippen molar-refractivity contribution in [2.75, 3.05) is 38.8 Å². The highest BCUT2D eigenvalue weighted by Crippen LogP contribution is 2.37. The first-order valence-corrected chi connectivity index (χ1v) is 11.7. The molecule has 4 rings (SSSR count). The van der Waals surface area contributed by atoms with Crippen LogP contribution in [0.25, 0.3) is 22.4 Å². The minimum atomic E-state index is -2.53. The van der Waals surface area contributed by atoms with Crippen molar-refractivity contribution in [1.29, 1.82) is 0 Å². The molecule has 3 aromatic rings. The highest BCUT2D eigenvalue weighted by atomic mass is 32.2. The Kier molecular flexibility index (Phi) is 7.01. The van der Waals surface area contributed by atoms with Gasteiger partial charge >= 0.3 is 0 Å². The minimum Gasteiger partial charge on any atom is -0.493 e. The first kappa shape index (κ1) is 22.2. The predicted octanol–water partition coefficient (Wildman–Crippen LogP) is 2.43. The van der Waals surface area contributed by atoms with Gasteiger partial charge < -0.3 is 14.4 Å². The van der Waals surface area contributed by atoms with Gasteiger partial charge in [0, 0.05) is 37.3 Å². The second kappa shape index (κ2) is 10.1. The van der Waals surface area contributed by atoms with Crippen LogP contribution in [0, 0.1) is 5.92 Å². The third kappa shape index (κ3) is 4.91. The van der Waals surface area contributed by atoms with E-state index < -0.39 is 10.9 Å². The molecule has 1 saturated heterocycles. The number of fused-ring (bicyclic) bond motifs is 1. The zero-order valence-corrected chi connectivity index (χ0v) is 19.0. The molecule has 0 saturated carbocycles. The molecular weight excluding hydrogens is 430 g/mol. The van der Waals surface area contributed by atoms with Crippen molar-refractivity contribution in [2.45, 2.75) is 19.3 Å². The average molecular weight is 458 g/mol. The molecule has 0 amide bonds. The Labute approximate surface area is 188 Å². The number of hydrogen-bond donors (Lipinski definition) is 2. The van der Waals surface area contributed by atoms with Gasteiger partial charge in [-0.25, -0.2) is 23.1 Å². The standard InChI is InChI=1S/C22H27N5O4S/c1-30-19-13-16-18(14-20(19)31-2)25-21(17-5-3-4-9-23-17)26-22(16)27-11-7-15(8-12-27)6-10-24-32(28)29/h3-5,9,13-15,32H,6-8,10-12H2,1-2H3,(H,24,28,29). The number of piperidine rings is 1. The maximum absolute atomic E-state index is 10.7. The molecule has 10 heteroatoms. The van der Waals surface area contributed by atoms with Gasteiger partial charge in [0.2, 0.25) is 10.9 Å². The lowest BCUT2D eigenvalue weighted by atomic mass is 9.93. The number of benzene rings is 1. The first-order chi connectivity index (χ1) is 15.6. The second-order valence-electron chi connectivity index (χ2n) is 7.69. The Balaban J connectivity index is 1.67. The molecule has 1 aromatic carbocycles. The van der Waals surface area contributed by atoms with Crippen LogP contribution >= 0.6 is 0 Å². The highest BCUT2D eigenvalue weighted by Gasteiger charge is 2.24. The van der Waals surface area contributed by atoms with Crippen LogP contribution in [-0.4, -0.2) is 57.2 Å². The van der Waals surface area contributed by atoms with Gasteiger partial charge in [0.1, 0.15) is 11.5 Å². The van der Waals surface area contributed by atoms with E-state index in [2.05, 4.69) is 14.6 Å². The summed E-state index contributed by atoms with van der Waals surface area (Å²) in [6, 6.07) is 9.47. The summed E-state index contributed by atoms with van der Waals surface area (Å²) in [5.74, 6) is 3.12. The monoisotopic (exact) mass is 457 g/mol. The summed E-state index contributed by atoms with van der Waals surface area (Å²) in [7, 11) is 0.685. The van der Waals surface area contributed by atoms with Crippen LogP contribution in [-0.2, 0) is 10.9 Å². The van der Waals surface area contributed by atoms with Gasteiger partial charge in [-0.05, 0) is 43.4 Å². The smallest absolute Gasteiger partial charge is 0.201 e. The molecule has 0 aliphatic carbocycles. The lowest BCUT2D eigenvalue weighted by molar-refractivity contribution is 0.355. The van der Waals surface area contributed by atoms with Gasteiger partial charge in [-0.15, -0.1) is 0 Å². The van der Waals surface area contributed by atoms with Gasteiger partial charge in [-0.3, -0.25) is 4.98 Å². The summed E-state index contributed by atoms with van der Waals surface area (Å²) in [6.07, 6.45) is 4.50. The molecule has 1 fully saturated rings. The zero-order valence-electron chi connectivity index (χ0n) is 18.2. The van der Waals surface area contributed by atoms with Gasteiger partial charge in [0.05, 0.1) is 19.7 Å². The molecule has 0 unspecified atom stereocenters. The largest absolute Gasteiger partial charge is 0.493 e. The first-order valence-electron chi connectivity index (χ1n) is 10.6. The number of aromatic nitrogens is 3. The molecule has 9 nitrogen and oxygen atoms in total. The van der Waals surface area contributed by atoms with Crippen molar-refractivity contribution >= 4 is 27.6 Å².